The molecule has 1 N–H and O–H groups in total. The molecule has 0 aliphatic heterocycles. The van der Waals surface area contributed by atoms with E-state index in [-0.39, 0.29) is 24.8 Å². The van der Waals surface area contributed by atoms with Gasteiger partial charge in [0.05, 0.1) is 18.1 Å². The second-order valence-corrected chi connectivity index (χ2v) is 5.81. The lowest BCUT2D eigenvalue weighted by Crippen LogP contribution is -2.39. The van der Waals surface area contributed by atoms with Gasteiger partial charge in [-0.3, -0.25) is 9.59 Å². The fourth-order valence-corrected chi connectivity index (χ4v) is 2.38. The highest BCUT2D eigenvalue weighted by molar-refractivity contribution is 6.32. The van der Waals surface area contributed by atoms with Crippen molar-refractivity contribution in [2.75, 3.05) is 19.7 Å². The monoisotopic (exact) mass is 327 g/mol. The van der Waals surface area contributed by atoms with Gasteiger partial charge in [0.2, 0.25) is 5.91 Å². The van der Waals surface area contributed by atoms with Gasteiger partial charge in [-0.05, 0) is 18.9 Å². The number of hydrogen-bond acceptors (Lipinski definition) is 3. The van der Waals surface area contributed by atoms with Gasteiger partial charge in [-0.15, -0.1) is 0 Å². The average Bonchev–Trinajstić information content (AvgIpc) is 2.41. The van der Waals surface area contributed by atoms with Crippen molar-refractivity contribution in [3.05, 3.63) is 28.8 Å². The summed E-state index contributed by atoms with van der Waals surface area (Å²) in [5.74, 6) is -0.599. The third-order valence-electron chi connectivity index (χ3n) is 2.94. The second kappa shape index (κ2) is 8.63. The van der Waals surface area contributed by atoms with E-state index in [1.807, 2.05) is 20.8 Å². The van der Waals surface area contributed by atoms with Crippen molar-refractivity contribution in [1.82, 2.24) is 4.90 Å². The Morgan fingerprint density at radius 3 is 2.59 bits per heavy atom. The third kappa shape index (κ3) is 5.56. The first-order valence-electron chi connectivity index (χ1n) is 7.24. The van der Waals surface area contributed by atoms with Gasteiger partial charge in [-0.25, -0.2) is 0 Å². The number of carbonyl (C=O) groups excluding carboxylic acids is 1. The first-order chi connectivity index (χ1) is 10.3. The fourth-order valence-electron chi connectivity index (χ4n) is 2.13. The Kier molecular flexibility index (Phi) is 7.18. The summed E-state index contributed by atoms with van der Waals surface area (Å²) in [5, 5.41) is 9.40. The minimum Gasteiger partial charge on any atom is -0.492 e. The molecule has 0 saturated carbocycles. The van der Waals surface area contributed by atoms with Crippen LogP contribution >= 0.6 is 11.6 Å². The molecule has 0 saturated heterocycles. The average molecular weight is 328 g/mol. The van der Waals surface area contributed by atoms with Gasteiger partial charge in [0.1, 0.15) is 12.3 Å². The topological polar surface area (TPSA) is 66.8 Å². The van der Waals surface area contributed by atoms with Crippen LogP contribution in [0.2, 0.25) is 5.02 Å². The van der Waals surface area contributed by atoms with Crippen LogP contribution in [0.15, 0.2) is 18.2 Å². The molecule has 0 unspecified atom stereocenters. The lowest BCUT2D eigenvalue weighted by molar-refractivity contribution is -0.144. The van der Waals surface area contributed by atoms with Crippen LogP contribution in [0.4, 0.5) is 0 Å². The van der Waals surface area contributed by atoms with Crippen molar-refractivity contribution in [2.24, 2.45) is 5.92 Å². The second-order valence-electron chi connectivity index (χ2n) is 5.40. The van der Waals surface area contributed by atoms with Crippen LogP contribution in [0.1, 0.15) is 26.3 Å². The number of ether oxygens (including phenoxy) is 1. The molecule has 1 aromatic rings. The van der Waals surface area contributed by atoms with E-state index in [0.717, 1.165) is 0 Å². The van der Waals surface area contributed by atoms with E-state index >= 15 is 0 Å². The molecule has 0 heterocycles. The number of rotatable bonds is 8. The van der Waals surface area contributed by atoms with Gasteiger partial charge in [-0.2, -0.15) is 0 Å². The van der Waals surface area contributed by atoms with Gasteiger partial charge >= 0.3 is 5.97 Å². The summed E-state index contributed by atoms with van der Waals surface area (Å²) in [6, 6.07) is 5.21. The van der Waals surface area contributed by atoms with Gasteiger partial charge in [-0.1, -0.05) is 37.6 Å². The van der Waals surface area contributed by atoms with E-state index in [9.17, 15) is 9.59 Å². The highest BCUT2D eigenvalue weighted by Gasteiger charge is 2.20. The van der Waals surface area contributed by atoms with E-state index in [1.54, 1.807) is 18.2 Å². The summed E-state index contributed by atoms with van der Waals surface area (Å²) < 4.78 is 5.49. The number of carboxylic acids is 1. The normalized spacial score (nSPS) is 10.6. The molecule has 0 aliphatic carbocycles. The summed E-state index contributed by atoms with van der Waals surface area (Å²) in [6.45, 7) is 6.25. The Balaban J connectivity index is 2.93. The minimum absolute atomic E-state index is 0.0654. The number of carbonyl (C=O) groups is 2. The van der Waals surface area contributed by atoms with E-state index in [0.29, 0.717) is 29.5 Å². The Labute approximate surface area is 135 Å². The quantitative estimate of drug-likeness (QED) is 0.797. The lowest BCUT2D eigenvalue weighted by atomic mass is 10.1. The standard InChI is InChI=1S/C16H22ClNO4/c1-4-22-16-12(6-5-7-13(16)17)8-14(19)18(9-11(2)3)10-15(20)21/h5-7,11H,4,8-10H2,1-3H3,(H,20,21). The predicted octanol–water partition coefficient (Wildman–Crippen LogP) is 2.85. The molecule has 0 radical (unpaired) electrons. The first-order valence-corrected chi connectivity index (χ1v) is 7.62. The van der Waals surface area contributed by atoms with Crippen LogP contribution < -0.4 is 4.74 Å². The van der Waals surface area contributed by atoms with Crippen LogP contribution in [0.3, 0.4) is 0 Å². The Bertz CT molecular complexity index is 531. The van der Waals surface area contributed by atoms with Gasteiger partial charge < -0.3 is 14.7 Å². The van der Waals surface area contributed by atoms with E-state index in [1.165, 1.54) is 4.90 Å². The number of halogens is 1. The number of nitrogens with zero attached hydrogens (tertiary/aromatic N) is 1. The Morgan fingerprint density at radius 1 is 1.36 bits per heavy atom. The van der Waals surface area contributed by atoms with Gasteiger partial charge in [0.25, 0.3) is 0 Å². The number of benzene rings is 1. The molecule has 122 valence electrons. The highest BCUT2D eigenvalue weighted by Crippen LogP contribution is 2.29. The lowest BCUT2D eigenvalue weighted by Gasteiger charge is -2.23. The zero-order valence-corrected chi connectivity index (χ0v) is 13.9. The molecule has 22 heavy (non-hydrogen) atoms. The van der Waals surface area contributed by atoms with Crippen molar-refractivity contribution in [3.8, 4) is 5.75 Å². The summed E-state index contributed by atoms with van der Waals surface area (Å²) in [6.07, 6.45) is 0.0654. The SMILES string of the molecule is CCOc1c(Cl)cccc1CC(=O)N(CC(=O)O)CC(C)C. The van der Waals surface area contributed by atoms with Crippen molar-refractivity contribution in [3.63, 3.8) is 0 Å². The van der Waals surface area contributed by atoms with Crippen molar-refractivity contribution in [1.29, 1.82) is 0 Å². The van der Waals surface area contributed by atoms with E-state index in [2.05, 4.69) is 0 Å². The minimum atomic E-state index is -1.02. The highest BCUT2D eigenvalue weighted by atomic mass is 35.5. The van der Waals surface area contributed by atoms with Gasteiger partial charge in [0.15, 0.2) is 0 Å². The first kappa shape index (κ1) is 18.3. The Morgan fingerprint density at radius 2 is 2.05 bits per heavy atom. The molecule has 0 aliphatic rings. The molecular formula is C16H22ClNO4. The molecule has 1 aromatic carbocycles. The van der Waals surface area contributed by atoms with Gasteiger partial charge in [0, 0.05) is 12.1 Å². The molecule has 0 fully saturated rings. The maximum atomic E-state index is 12.4. The Hall–Kier alpha value is -1.75. The van der Waals surface area contributed by atoms with E-state index < -0.39 is 5.97 Å². The van der Waals surface area contributed by atoms with Crippen molar-refractivity contribution < 1.29 is 19.4 Å². The molecular weight excluding hydrogens is 306 g/mol. The molecule has 1 rings (SSSR count). The molecule has 6 heteroatoms. The van der Waals surface area contributed by atoms with Crippen LogP contribution in [0.25, 0.3) is 0 Å². The van der Waals surface area contributed by atoms with Crippen LogP contribution in [-0.4, -0.2) is 41.6 Å². The number of aliphatic carboxylic acids is 1. The molecule has 1 amide bonds. The number of amides is 1. The van der Waals surface area contributed by atoms with Crippen LogP contribution in [0, 0.1) is 5.92 Å². The maximum absolute atomic E-state index is 12.4. The molecule has 0 spiro atoms. The molecule has 0 aromatic heterocycles. The van der Waals surface area contributed by atoms with Crippen molar-refractivity contribution >= 4 is 23.5 Å². The zero-order valence-electron chi connectivity index (χ0n) is 13.1. The molecule has 0 bridgehead atoms. The third-order valence-corrected chi connectivity index (χ3v) is 3.24. The maximum Gasteiger partial charge on any atom is 0.323 e. The molecule has 5 nitrogen and oxygen atoms in total. The predicted molar refractivity (Wildman–Crippen MR) is 85.4 cm³/mol. The van der Waals surface area contributed by atoms with Crippen molar-refractivity contribution in [2.45, 2.75) is 27.2 Å². The molecule has 0 atom stereocenters. The number of carboxylic acid groups (broad SMARTS) is 1. The zero-order chi connectivity index (χ0) is 16.7. The fraction of sp³-hybridized carbons (Fsp3) is 0.500. The summed E-state index contributed by atoms with van der Waals surface area (Å²) in [5.41, 5.74) is 0.665. The number of hydrogen-bond donors (Lipinski definition) is 1. The van der Waals surface area contributed by atoms with Crippen LogP contribution in [0.5, 0.6) is 5.75 Å². The largest absolute Gasteiger partial charge is 0.492 e. The smallest absolute Gasteiger partial charge is 0.323 e. The summed E-state index contributed by atoms with van der Waals surface area (Å²) in [7, 11) is 0. The summed E-state index contributed by atoms with van der Waals surface area (Å²) >= 11 is 6.10. The van der Waals surface area contributed by atoms with Crippen LogP contribution in [-0.2, 0) is 16.0 Å². The summed E-state index contributed by atoms with van der Waals surface area (Å²) in [4.78, 5) is 24.7. The van der Waals surface area contributed by atoms with E-state index in [4.69, 9.17) is 21.4 Å². The number of para-hydroxylation sites is 1.